The number of rotatable bonds is 5. The number of methoxy groups -OCH3 is 1. The van der Waals surface area contributed by atoms with Crippen LogP contribution in [0.3, 0.4) is 0 Å². The second-order valence-electron chi connectivity index (χ2n) is 6.20. The zero-order valence-electron chi connectivity index (χ0n) is 13.2. The monoisotopic (exact) mass is 303 g/mol. The van der Waals surface area contributed by atoms with E-state index in [0.717, 1.165) is 51.2 Å². The molecule has 2 heterocycles. The van der Waals surface area contributed by atoms with E-state index < -0.39 is 0 Å². The predicted molar refractivity (Wildman–Crippen MR) is 87.3 cm³/mol. The average Bonchev–Trinajstić information content (AvgIpc) is 3.24. The predicted octanol–water partition coefficient (Wildman–Crippen LogP) is 1.39. The summed E-state index contributed by atoms with van der Waals surface area (Å²) in [5, 5.41) is 6.35. The highest BCUT2D eigenvalue weighted by Gasteiger charge is 2.26. The molecule has 0 bridgehead atoms. The van der Waals surface area contributed by atoms with E-state index in [4.69, 9.17) is 4.74 Å². The highest BCUT2D eigenvalue weighted by molar-refractivity contribution is 5.82. The third kappa shape index (κ3) is 3.53. The summed E-state index contributed by atoms with van der Waals surface area (Å²) in [6.45, 7) is 3.77. The van der Waals surface area contributed by atoms with E-state index in [9.17, 15) is 4.79 Å². The van der Waals surface area contributed by atoms with Crippen molar-refractivity contribution in [1.29, 1.82) is 0 Å². The second kappa shape index (κ2) is 7.01. The lowest BCUT2D eigenvalue weighted by atomic mass is 10.1. The third-order valence-corrected chi connectivity index (χ3v) is 4.65. The Balaban J connectivity index is 1.48. The first-order chi connectivity index (χ1) is 10.8. The quantitative estimate of drug-likeness (QED) is 0.863. The van der Waals surface area contributed by atoms with Crippen molar-refractivity contribution in [2.45, 2.75) is 25.3 Å². The number of carbonyl (C=O) groups is 1. The molecule has 5 nitrogen and oxygen atoms in total. The number of benzene rings is 1. The van der Waals surface area contributed by atoms with E-state index in [1.165, 1.54) is 5.69 Å². The van der Waals surface area contributed by atoms with Gasteiger partial charge in [0, 0.05) is 31.4 Å². The minimum atomic E-state index is 0.0240. The fraction of sp³-hybridized carbons (Fsp3) is 0.588. The van der Waals surface area contributed by atoms with Crippen LogP contribution in [0.5, 0.6) is 5.75 Å². The summed E-state index contributed by atoms with van der Waals surface area (Å²) >= 11 is 0. The van der Waals surface area contributed by atoms with Gasteiger partial charge in [-0.1, -0.05) is 6.07 Å². The van der Waals surface area contributed by atoms with Crippen LogP contribution in [0.1, 0.15) is 19.3 Å². The molecule has 120 valence electrons. The lowest BCUT2D eigenvalue weighted by Crippen LogP contribution is -2.42. The summed E-state index contributed by atoms with van der Waals surface area (Å²) in [4.78, 5) is 14.4. The van der Waals surface area contributed by atoms with Crippen molar-refractivity contribution >= 4 is 11.6 Å². The third-order valence-electron chi connectivity index (χ3n) is 4.65. The first-order valence-electron chi connectivity index (χ1n) is 8.16. The van der Waals surface area contributed by atoms with E-state index in [-0.39, 0.29) is 11.9 Å². The van der Waals surface area contributed by atoms with E-state index in [0.29, 0.717) is 5.92 Å². The smallest absolute Gasteiger partial charge is 0.237 e. The molecular formula is C17H25N3O2. The van der Waals surface area contributed by atoms with Gasteiger partial charge >= 0.3 is 0 Å². The number of anilines is 1. The van der Waals surface area contributed by atoms with Crippen molar-refractivity contribution in [3.05, 3.63) is 24.3 Å². The number of carbonyl (C=O) groups excluding carboxylic acids is 1. The fourth-order valence-corrected chi connectivity index (χ4v) is 3.32. The van der Waals surface area contributed by atoms with Crippen LogP contribution in [0.25, 0.3) is 0 Å². The molecular weight excluding hydrogens is 278 g/mol. The summed E-state index contributed by atoms with van der Waals surface area (Å²) < 4.78 is 5.29. The van der Waals surface area contributed by atoms with Crippen molar-refractivity contribution in [2.75, 3.05) is 38.2 Å². The zero-order valence-corrected chi connectivity index (χ0v) is 13.2. The Hall–Kier alpha value is -1.75. The minimum absolute atomic E-state index is 0.0240. The molecule has 0 spiro atoms. The largest absolute Gasteiger partial charge is 0.497 e. The van der Waals surface area contributed by atoms with Crippen LogP contribution in [-0.4, -0.2) is 45.2 Å². The van der Waals surface area contributed by atoms with Gasteiger partial charge in [-0.25, -0.2) is 0 Å². The molecule has 5 heteroatoms. The van der Waals surface area contributed by atoms with Crippen molar-refractivity contribution in [3.8, 4) is 5.75 Å². The molecule has 1 amide bonds. The molecule has 2 aliphatic heterocycles. The Labute approximate surface area is 132 Å². The molecule has 3 rings (SSSR count). The van der Waals surface area contributed by atoms with Gasteiger partial charge in [0.25, 0.3) is 0 Å². The van der Waals surface area contributed by atoms with Crippen molar-refractivity contribution < 1.29 is 9.53 Å². The van der Waals surface area contributed by atoms with Gasteiger partial charge in [-0.05, 0) is 43.9 Å². The molecule has 0 radical (unpaired) electrons. The van der Waals surface area contributed by atoms with E-state index in [1.807, 2.05) is 12.1 Å². The Morgan fingerprint density at radius 1 is 1.45 bits per heavy atom. The van der Waals surface area contributed by atoms with E-state index >= 15 is 0 Å². The van der Waals surface area contributed by atoms with Gasteiger partial charge in [-0.3, -0.25) is 4.79 Å². The molecule has 2 aliphatic rings. The number of nitrogens with zero attached hydrogens (tertiary/aromatic N) is 1. The highest BCUT2D eigenvalue weighted by Crippen LogP contribution is 2.26. The molecule has 0 aromatic heterocycles. The minimum Gasteiger partial charge on any atom is -0.497 e. The normalized spacial score (nSPS) is 24.5. The standard InChI is InChI=1S/C17H25N3O2/c1-22-15-5-2-4-14(10-15)20-9-7-13(12-20)11-19-17(21)16-6-3-8-18-16/h2,4-5,10,13,16,18H,3,6-9,11-12H2,1H3,(H,19,21). The Bertz CT molecular complexity index is 514. The lowest BCUT2D eigenvalue weighted by Gasteiger charge is -2.20. The Kier molecular flexibility index (Phi) is 4.83. The molecule has 22 heavy (non-hydrogen) atoms. The summed E-state index contributed by atoms with van der Waals surface area (Å²) in [7, 11) is 1.69. The van der Waals surface area contributed by atoms with Crippen molar-refractivity contribution in [1.82, 2.24) is 10.6 Å². The maximum Gasteiger partial charge on any atom is 0.237 e. The van der Waals surface area contributed by atoms with Crippen LogP contribution in [0.2, 0.25) is 0 Å². The molecule has 2 saturated heterocycles. The molecule has 1 aromatic rings. The molecule has 1 aromatic carbocycles. The molecule has 0 aliphatic carbocycles. The maximum absolute atomic E-state index is 12.0. The Morgan fingerprint density at radius 2 is 2.36 bits per heavy atom. The number of hydrogen-bond donors (Lipinski definition) is 2. The Morgan fingerprint density at radius 3 is 3.14 bits per heavy atom. The SMILES string of the molecule is COc1cccc(N2CCC(CNC(=O)C3CCCN3)C2)c1. The van der Waals surface area contributed by atoms with Crippen LogP contribution in [-0.2, 0) is 4.79 Å². The number of nitrogens with one attached hydrogen (secondary N) is 2. The van der Waals surface area contributed by atoms with Gasteiger partial charge in [0.2, 0.25) is 5.91 Å². The topological polar surface area (TPSA) is 53.6 Å². The van der Waals surface area contributed by atoms with Crippen LogP contribution >= 0.6 is 0 Å². The van der Waals surface area contributed by atoms with Gasteiger partial charge in [-0.15, -0.1) is 0 Å². The molecule has 2 atom stereocenters. The zero-order chi connectivity index (χ0) is 15.4. The first-order valence-corrected chi connectivity index (χ1v) is 8.16. The van der Waals surface area contributed by atoms with Gasteiger partial charge in [-0.2, -0.15) is 0 Å². The van der Waals surface area contributed by atoms with Crippen LogP contribution in [0, 0.1) is 5.92 Å². The summed E-state index contributed by atoms with van der Waals surface area (Å²) in [6.07, 6.45) is 3.19. The van der Waals surface area contributed by atoms with Gasteiger partial charge in [0.05, 0.1) is 13.2 Å². The fourth-order valence-electron chi connectivity index (χ4n) is 3.32. The summed E-state index contributed by atoms with van der Waals surface area (Å²) in [5.74, 6) is 1.58. The van der Waals surface area contributed by atoms with Crippen molar-refractivity contribution in [3.63, 3.8) is 0 Å². The molecule has 2 unspecified atom stereocenters. The van der Waals surface area contributed by atoms with Gasteiger partial charge in [0.15, 0.2) is 0 Å². The summed E-state index contributed by atoms with van der Waals surface area (Å²) in [6, 6.07) is 8.20. The van der Waals surface area contributed by atoms with E-state index in [1.54, 1.807) is 7.11 Å². The second-order valence-corrected chi connectivity index (χ2v) is 6.20. The van der Waals surface area contributed by atoms with Crippen LogP contribution < -0.4 is 20.3 Å². The van der Waals surface area contributed by atoms with Crippen LogP contribution in [0.15, 0.2) is 24.3 Å². The highest BCUT2D eigenvalue weighted by atomic mass is 16.5. The van der Waals surface area contributed by atoms with E-state index in [2.05, 4.69) is 27.7 Å². The van der Waals surface area contributed by atoms with Gasteiger partial charge < -0.3 is 20.3 Å². The maximum atomic E-state index is 12.0. The molecule has 2 N–H and O–H groups in total. The lowest BCUT2D eigenvalue weighted by molar-refractivity contribution is -0.122. The average molecular weight is 303 g/mol. The number of ether oxygens (including phenoxy) is 1. The van der Waals surface area contributed by atoms with Gasteiger partial charge in [0.1, 0.15) is 5.75 Å². The first kappa shape index (κ1) is 15.2. The van der Waals surface area contributed by atoms with Crippen molar-refractivity contribution in [2.24, 2.45) is 5.92 Å². The number of amides is 1. The molecule has 0 saturated carbocycles. The summed E-state index contributed by atoms with van der Waals surface area (Å²) in [5.41, 5.74) is 1.20. The number of hydrogen-bond acceptors (Lipinski definition) is 4. The van der Waals surface area contributed by atoms with Crippen LogP contribution in [0.4, 0.5) is 5.69 Å². The molecule has 2 fully saturated rings.